The molecule has 3 rings (SSSR count). The second kappa shape index (κ2) is 6.55. The van der Waals surface area contributed by atoms with Crippen molar-refractivity contribution in [3.63, 3.8) is 0 Å². The fourth-order valence-corrected chi connectivity index (χ4v) is 2.80. The van der Waals surface area contributed by atoms with E-state index in [1.807, 2.05) is 60.0 Å². The molecular weight excluding hydrogens is 298 g/mol. The molecule has 1 heterocycles. The third kappa shape index (κ3) is 2.99. The number of aromatic nitrogens is 3. The SMILES string of the molecule is Cc1ccccc1-c1nnc(N(C)Cc2cccc(C#N)c2)n1C. The molecule has 0 aliphatic rings. The lowest BCUT2D eigenvalue weighted by atomic mass is 10.1. The fraction of sp³-hybridized carbons (Fsp3) is 0.211. The Morgan fingerprint density at radius 1 is 1.12 bits per heavy atom. The first-order valence-corrected chi connectivity index (χ1v) is 7.75. The number of hydrogen-bond donors (Lipinski definition) is 0. The van der Waals surface area contributed by atoms with Gasteiger partial charge in [-0.3, -0.25) is 4.57 Å². The second-order valence-electron chi connectivity index (χ2n) is 5.87. The van der Waals surface area contributed by atoms with Crippen LogP contribution in [0.2, 0.25) is 0 Å². The lowest BCUT2D eigenvalue weighted by molar-refractivity contribution is 0.808. The van der Waals surface area contributed by atoms with Gasteiger partial charge in [0.2, 0.25) is 5.95 Å². The molecule has 5 nitrogen and oxygen atoms in total. The average Bonchev–Trinajstić information content (AvgIpc) is 2.97. The normalized spacial score (nSPS) is 10.4. The Labute approximate surface area is 141 Å². The first-order valence-electron chi connectivity index (χ1n) is 7.75. The first kappa shape index (κ1) is 15.8. The van der Waals surface area contributed by atoms with Gasteiger partial charge >= 0.3 is 0 Å². The van der Waals surface area contributed by atoms with Crippen molar-refractivity contribution in [2.45, 2.75) is 13.5 Å². The maximum atomic E-state index is 9.02. The minimum absolute atomic E-state index is 0.662. The van der Waals surface area contributed by atoms with Gasteiger partial charge in [-0.05, 0) is 30.2 Å². The zero-order chi connectivity index (χ0) is 17.1. The molecule has 0 aliphatic heterocycles. The smallest absolute Gasteiger partial charge is 0.227 e. The molecule has 0 amide bonds. The number of nitrogens with zero attached hydrogens (tertiary/aromatic N) is 5. The van der Waals surface area contributed by atoms with Crippen LogP contribution >= 0.6 is 0 Å². The quantitative estimate of drug-likeness (QED) is 0.741. The molecule has 0 unspecified atom stereocenters. The summed E-state index contributed by atoms with van der Waals surface area (Å²) < 4.78 is 2.00. The van der Waals surface area contributed by atoms with Gasteiger partial charge in [-0.1, -0.05) is 36.4 Å². The Balaban J connectivity index is 1.88. The van der Waals surface area contributed by atoms with E-state index in [-0.39, 0.29) is 0 Å². The van der Waals surface area contributed by atoms with Crippen molar-refractivity contribution in [2.24, 2.45) is 7.05 Å². The molecule has 0 aliphatic carbocycles. The van der Waals surface area contributed by atoms with E-state index in [1.54, 1.807) is 0 Å². The third-order valence-corrected chi connectivity index (χ3v) is 4.06. The van der Waals surface area contributed by atoms with E-state index in [0.29, 0.717) is 12.1 Å². The van der Waals surface area contributed by atoms with Crippen LogP contribution in [0.5, 0.6) is 0 Å². The van der Waals surface area contributed by atoms with Crippen LogP contribution in [-0.4, -0.2) is 21.8 Å². The molecule has 0 bridgehead atoms. The summed E-state index contributed by atoms with van der Waals surface area (Å²) in [5.41, 5.74) is 3.99. The predicted molar refractivity (Wildman–Crippen MR) is 94.4 cm³/mol. The third-order valence-electron chi connectivity index (χ3n) is 4.06. The van der Waals surface area contributed by atoms with Crippen LogP contribution in [0.1, 0.15) is 16.7 Å². The van der Waals surface area contributed by atoms with Crippen molar-refractivity contribution < 1.29 is 0 Å². The molecule has 0 atom stereocenters. The lowest BCUT2D eigenvalue weighted by Crippen LogP contribution is -2.20. The summed E-state index contributed by atoms with van der Waals surface area (Å²) in [5, 5.41) is 17.7. The molecule has 0 fully saturated rings. The molecule has 0 saturated heterocycles. The van der Waals surface area contributed by atoms with Crippen molar-refractivity contribution in [1.29, 1.82) is 5.26 Å². The van der Waals surface area contributed by atoms with Crippen molar-refractivity contribution in [3.05, 3.63) is 65.2 Å². The molecule has 3 aromatic rings. The molecular formula is C19H19N5. The van der Waals surface area contributed by atoms with Crippen molar-refractivity contribution in [2.75, 3.05) is 11.9 Å². The highest BCUT2D eigenvalue weighted by Gasteiger charge is 2.15. The van der Waals surface area contributed by atoms with Gasteiger partial charge in [0.1, 0.15) is 0 Å². The summed E-state index contributed by atoms with van der Waals surface area (Å²) in [6.45, 7) is 2.73. The minimum atomic E-state index is 0.662. The highest BCUT2D eigenvalue weighted by molar-refractivity contribution is 5.61. The molecule has 0 spiro atoms. The van der Waals surface area contributed by atoms with Gasteiger partial charge in [0, 0.05) is 26.2 Å². The average molecular weight is 317 g/mol. The summed E-state index contributed by atoms with van der Waals surface area (Å²) in [6, 6.07) is 17.9. The highest BCUT2D eigenvalue weighted by atomic mass is 15.4. The number of benzene rings is 2. The Hall–Kier alpha value is -3.13. The zero-order valence-electron chi connectivity index (χ0n) is 14.1. The van der Waals surface area contributed by atoms with Gasteiger partial charge in [-0.15, -0.1) is 10.2 Å². The summed E-state index contributed by atoms with van der Waals surface area (Å²) in [4.78, 5) is 2.03. The number of nitriles is 1. The summed E-state index contributed by atoms with van der Waals surface area (Å²) in [6.07, 6.45) is 0. The van der Waals surface area contributed by atoms with E-state index < -0.39 is 0 Å². The molecule has 0 saturated carbocycles. The van der Waals surface area contributed by atoms with Gasteiger partial charge < -0.3 is 4.90 Å². The van der Waals surface area contributed by atoms with Crippen molar-refractivity contribution >= 4 is 5.95 Å². The maximum Gasteiger partial charge on any atom is 0.227 e. The first-order chi connectivity index (χ1) is 11.6. The molecule has 2 aromatic carbocycles. The highest BCUT2D eigenvalue weighted by Crippen LogP contribution is 2.24. The van der Waals surface area contributed by atoms with Gasteiger partial charge in [0.25, 0.3) is 0 Å². The lowest BCUT2D eigenvalue weighted by Gasteiger charge is -2.18. The van der Waals surface area contributed by atoms with Crippen molar-refractivity contribution in [1.82, 2.24) is 14.8 Å². The standard InChI is InChI=1S/C19H19N5/c1-14-7-4-5-10-17(14)18-21-22-19(24(18)3)23(2)13-16-9-6-8-15(11-16)12-20/h4-11H,13H2,1-3H3. The van der Waals surface area contributed by atoms with E-state index in [2.05, 4.69) is 35.3 Å². The molecule has 0 radical (unpaired) electrons. The summed E-state index contributed by atoms with van der Waals surface area (Å²) in [5.74, 6) is 1.64. The topological polar surface area (TPSA) is 57.7 Å². The van der Waals surface area contributed by atoms with Crippen LogP contribution < -0.4 is 4.90 Å². The molecule has 24 heavy (non-hydrogen) atoms. The van der Waals surface area contributed by atoms with Crippen LogP contribution in [0.25, 0.3) is 11.4 Å². The maximum absolute atomic E-state index is 9.02. The van der Waals surface area contributed by atoms with Gasteiger partial charge in [0.15, 0.2) is 5.82 Å². The van der Waals surface area contributed by atoms with Crippen LogP contribution in [0, 0.1) is 18.3 Å². The number of anilines is 1. The van der Waals surface area contributed by atoms with E-state index in [0.717, 1.165) is 22.9 Å². The fourth-order valence-electron chi connectivity index (χ4n) is 2.80. The molecule has 0 N–H and O–H groups in total. The molecule has 120 valence electrons. The van der Waals surface area contributed by atoms with E-state index in [9.17, 15) is 0 Å². The summed E-state index contributed by atoms with van der Waals surface area (Å²) >= 11 is 0. The number of hydrogen-bond acceptors (Lipinski definition) is 4. The number of rotatable bonds is 4. The van der Waals surface area contributed by atoms with Crippen LogP contribution in [0.3, 0.4) is 0 Å². The van der Waals surface area contributed by atoms with E-state index >= 15 is 0 Å². The van der Waals surface area contributed by atoms with Crippen LogP contribution in [0.15, 0.2) is 48.5 Å². The predicted octanol–water partition coefficient (Wildman–Crippen LogP) is 3.30. The Bertz CT molecular complexity index is 904. The van der Waals surface area contributed by atoms with Gasteiger partial charge in [-0.25, -0.2) is 0 Å². The second-order valence-corrected chi connectivity index (χ2v) is 5.87. The molecule has 1 aromatic heterocycles. The van der Waals surface area contributed by atoms with Crippen molar-refractivity contribution in [3.8, 4) is 17.5 Å². The number of aryl methyl sites for hydroxylation is 1. The monoisotopic (exact) mass is 317 g/mol. The van der Waals surface area contributed by atoms with E-state index in [1.165, 1.54) is 5.56 Å². The van der Waals surface area contributed by atoms with Gasteiger partial charge in [0.05, 0.1) is 11.6 Å². The molecule has 5 heteroatoms. The van der Waals surface area contributed by atoms with Crippen LogP contribution in [0.4, 0.5) is 5.95 Å². The van der Waals surface area contributed by atoms with Gasteiger partial charge in [-0.2, -0.15) is 5.26 Å². The Morgan fingerprint density at radius 3 is 2.67 bits per heavy atom. The Kier molecular flexibility index (Phi) is 4.30. The summed E-state index contributed by atoms with van der Waals surface area (Å²) in [7, 11) is 3.95. The van der Waals surface area contributed by atoms with Crippen LogP contribution in [-0.2, 0) is 13.6 Å². The zero-order valence-corrected chi connectivity index (χ0v) is 14.1. The largest absolute Gasteiger partial charge is 0.340 e. The minimum Gasteiger partial charge on any atom is -0.340 e. The Morgan fingerprint density at radius 2 is 1.92 bits per heavy atom. The van der Waals surface area contributed by atoms with E-state index in [4.69, 9.17) is 5.26 Å².